The summed E-state index contributed by atoms with van der Waals surface area (Å²) in [5.74, 6) is 0.448. The maximum atomic E-state index is 12.8. The first-order valence-electron chi connectivity index (χ1n) is 8.56. The summed E-state index contributed by atoms with van der Waals surface area (Å²) >= 11 is 3.20. The highest BCUT2D eigenvalue weighted by molar-refractivity contribution is 7.98. The number of carbonyl (C=O) groups excluding carboxylic acids is 2. The smallest absolute Gasteiger partial charge is 0.169 e. The first-order valence-corrected chi connectivity index (χ1v) is 10.7. The Labute approximate surface area is 157 Å². The van der Waals surface area contributed by atoms with Gasteiger partial charge in [0, 0.05) is 29.5 Å². The van der Waals surface area contributed by atoms with Crippen molar-refractivity contribution in [3.05, 3.63) is 51.7 Å². The SMILES string of the molecule is CSc1ccc(C(=O)[C@H]2CCCN(Cc3csc(C(C)=O)c3)C2)cc1. The minimum atomic E-state index is 0.0693. The van der Waals surface area contributed by atoms with E-state index in [1.807, 2.05) is 36.6 Å². The molecule has 1 aliphatic rings. The number of thiophene rings is 1. The van der Waals surface area contributed by atoms with E-state index in [2.05, 4.69) is 10.3 Å². The molecule has 0 amide bonds. The Kier molecular flexibility index (Phi) is 6.10. The molecule has 5 heteroatoms. The van der Waals surface area contributed by atoms with Crippen LogP contribution in [0.15, 0.2) is 40.6 Å². The first kappa shape index (κ1) is 18.4. The predicted octanol–water partition coefficient (Wildman–Crippen LogP) is 4.77. The minimum absolute atomic E-state index is 0.0693. The van der Waals surface area contributed by atoms with E-state index < -0.39 is 0 Å². The van der Waals surface area contributed by atoms with Gasteiger partial charge in [-0.25, -0.2) is 0 Å². The highest BCUT2D eigenvalue weighted by Gasteiger charge is 2.26. The molecular formula is C20H23NO2S2. The first-order chi connectivity index (χ1) is 12.1. The van der Waals surface area contributed by atoms with Crippen LogP contribution in [-0.4, -0.2) is 35.8 Å². The lowest BCUT2D eigenvalue weighted by Crippen LogP contribution is -2.38. The number of nitrogens with zero attached hydrogens (tertiary/aromatic N) is 1. The Morgan fingerprint density at radius 2 is 2.04 bits per heavy atom. The lowest BCUT2D eigenvalue weighted by Gasteiger charge is -2.31. The summed E-state index contributed by atoms with van der Waals surface area (Å²) in [7, 11) is 0. The van der Waals surface area contributed by atoms with Crippen molar-refractivity contribution in [1.82, 2.24) is 4.90 Å². The second-order valence-corrected chi connectivity index (χ2v) is 8.33. The molecular weight excluding hydrogens is 350 g/mol. The van der Waals surface area contributed by atoms with Crippen molar-refractivity contribution >= 4 is 34.7 Å². The predicted molar refractivity (Wildman–Crippen MR) is 105 cm³/mol. The van der Waals surface area contributed by atoms with Crippen LogP contribution in [0.3, 0.4) is 0 Å². The van der Waals surface area contributed by atoms with Crippen LogP contribution >= 0.6 is 23.1 Å². The van der Waals surface area contributed by atoms with E-state index in [4.69, 9.17) is 0 Å². The minimum Gasteiger partial charge on any atom is -0.298 e. The summed E-state index contributed by atoms with van der Waals surface area (Å²) in [6.45, 7) is 4.24. The molecule has 3 nitrogen and oxygen atoms in total. The normalized spacial score (nSPS) is 18.2. The Morgan fingerprint density at radius 3 is 2.68 bits per heavy atom. The standard InChI is InChI=1S/C20H23NO2S2/c1-14(22)19-10-15(13-25-19)11-21-9-3-4-17(12-21)20(23)16-5-7-18(24-2)8-6-16/h5-8,10,13,17H,3-4,9,11-12H2,1-2H3/t17-/m0/s1. The molecule has 2 aromatic rings. The van der Waals surface area contributed by atoms with Crippen molar-refractivity contribution in [3.63, 3.8) is 0 Å². The molecule has 0 aliphatic carbocycles. The Bertz CT molecular complexity index is 751. The average Bonchev–Trinajstić information content (AvgIpc) is 3.10. The van der Waals surface area contributed by atoms with Gasteiger partial charge in [0.15, 0.2) is 11.6 Å². The lowest BCUT2D eigenvalue weighted by atomic mass is 9.90. The van der Waals surface area contributed by atoms with Gasteiger partial charge < -0.3 is 0 Å². The van der Waals surface area contributed by atoms with E-state index in [-0.39, 0.29) is 17.5 Å². The van der Waals surface area contributed by atoms with Crippen LogP contribution in [0, 0.1) is 5.92 Å². The number of Topliss-reactive ketones (excluding diaryl/α,β-unsaturated/α-hetero) is 2. The number of hydrogen-bond donors (Lipinski definition) is 0. The van der Waals surface area contributed by atoms with Gasteiger partial charge in [-0.1, -0.05) is 12.1 Å². The van der Waals surface area contributed by atoms with Crippen LogP contribution in [0.1, 0.15) is 45.4 Å². The molecule has 1 fully saturated rings. The summed E-state index contributed by atoms with van der Waals surface area (Å²) in [5.41, 5.74) is 1.99. The summed E-state index contributed by atoms with van der Waals surface area (Å²) in [6, 6.07) is 9.93. The molecule has 3 rings (SSSR count). The van der Waals surface area contributed by atoms with Gasteiger partial charge in [0.25, 0.3) is 0 Å². The van der Waals surface area contributed by atoms with Gasteiger partial charge in [0.05, 0.1) is 4.88 Å². The maximum absolute atomic E-state index is 12.8. The van der Waals surface area contributed by atoms with Crippen molar-refractivity contribution in [1.29, 1.82) is 0 Å². The van der Waals surface area contributed by atoms with Crippen LogP contribution in [0.4, 0.5) is 0 Å². The summed E-state index contributed by atoms with van der Waals surface area (Å²) in [6.07, 6.45) is 4.04. The van der Waals surface area contributed by atoms with Crippen LogP contribution < -0.4 is 0 Å². The van der Waals surface area contributed by atoms with E-state index in [1.54, 1.807) is 18.7 Å². The molecule has 1 aliphatic heterocycles. The molecule has 0 spiro atoms. The highest BCUT2D eigenvalue weighted by atomic mass is 32.2. The zero-order chi connectivity index (χ0) is 17.8. The van der Waals surface area contributed by atoms with Crippen molar-refractivity contribution in [2.24, 2.45) is 5.92 Å². The number of ketones is 2. The Balaban J connectivity index is 1.63. The monoisotopic (exact) mass is 373 g/mol. The third kappa shape index (κ3) is 4.60. The van der Waals surface area contributed by atoms with Crippen LogP contribution in [-0.2, 0) is 6.54 Å². The Morgan fingerprint density at radius 1 is 1.28 bits per heavy atom. The number of carbonyl (C=O) groups is 2. The summed E-state index contributed by atoms with van der Waals surface area (Å²) in [5, 5.41) is 2.06. The summed E-state index contributed by atoms with van der Waals surface area (Å²) in [4.78, 5) is 28.6. The van der Waals surface area contributed by atoms with Crippen molar-refractivity contribution in [2.45, 2.75) is 31.2 Å². The molecule has 1 atom stereocenters. The van der Waals surface area contributed by atoms with Gasteiger partial charge in [0.2, 0.25) is 0 Å². The number of likely N-dealkylation sites (tertiary alicyclic amines) is 1. The molecule has 1 aromatic carbocycles. The second kappa shape index (κ2) is 8.30. The van der Waals surface area contributed by atoms with Crippen molar-refractivity contribution < 1.29 is 9.59 Å². The van der Waals surface area contributed by atoms with Crippen LogP contribution in [0.25, 0.3) is 0 Å². The number of piperidine rings is 1. The molecule has 1 aromatic heterocycles. The second-order valence-electron chi connectivity index (χ2n) is 6.54. The van der Waals surface area contributed by atoms with E-state index in [9.17, 15) is 9.59 Å². The number of rotatable bonds is 6. The molecule has 0 N–H and O–H groups in total. The molecule has 1 saturated heterocycles. The van der Waals surface area contributed by atoms with Crippen molar-refractivity contribution in [3.8, 4) is 0 Å². The third-order valence-corrected chi connectivity index (χ3v) is 6.48. The average molecular weight is 374 g/mol. The van der Waals surface area contributed by atoms with Gasteiger partial charge in [-0.05, 0) is 61.7 Å². The molecule has 0 saturated carbocycles. The van der Waals surface area contributed by atoms with E-state index in [1.165, 1.54) is 21.8 Å². The fourth-order valence-corrected chi connectivity index (χ4v) is 4.52. The van der Waals surface area contributed by atoms with E-state index >= 15 is 0 Å². The van der Waals surface area contributed by atoms with Gasteiger partial charge in [-0.3, -0.25) is 14.5 Å². The number of thioether (sulfide) groups is 1. The molecule has 0 bridgehead atoms. The molecule has 0 radical (unpaired) electrons. The van der Waals surface area contributed by atoms with E-state index in [0.29, 0.717) is 0 Å². The fourth-order valence-electron chi connectivity index (χ4n) is 3.31. The fraction of sp³-hybridized carbons (Fsp3) is 0.400. The molecule has 132 valence electrons. The highest BCUT2D eigenvalue weighted by Crippen LogP contribution is 2.25. The van der Waals surface area contributed by atoms with Gasteiger partial charge in [-0.2, -0.15) is 0 Å². The lowest BCUT2D eigenvalue weighted by molar-refractivity contribution is 0.0811. The number of benzene rings is 1. The van der Waals surface area contributed by atoms with Gasteiger partial charge in [0.1, 0.15) is 0 Å². The quantitative estimate of drug-likeness (QED) is 0.540. The molecule has 0 unspecified atom stereocenters. The largest absolute Gasteiger partial charge is 0.298 e. The Hall–Kier alpha value is -1.43. The van der Waals surface area contributed by atoms with Crippen LogP contribution in [0.5, 0.6) is 0 Å². The third-order valence-electron chi connectivity index (χ3n) is 4.66. The van der Waals surface area contributed by atoms with Crippen molar-refractivity contribution in [2.75, 3.05) is 19.3 Å². The molecule has 25 heavy (non-hydrogen) atoms. The zero-order valence-electron chi connectivity index (χ0n) is 14.7. The maximum Gasteiger partial charge on any atom is 0.169 e. The number of hydrogen-bond acceptors (Lipinski definition) is 5. The summed E-state index contributed by atoms with van der Waals surface area (Å²) < 4.78 is 0. The topological polar surface area (TPSA) is 37.4 Å². The molecule has 2 heterocycles. The van der Waals surface area contributed by atoms with Gasteiger partial charge in [-0.15, -0.1) is 23.1 Å². The van der Waals surface area contributed by atoms with Gasteiger partial charge >= 0.3 is 0 Å². The van der Waals surface area contributed by atoms with Crippen LogP contribution in [0.2, 0.25) is 0 Å². The zero-order valence-corrected chi connectivity index (χ0v) is 16.3. The van der Waals surface area contributed by atoms with E-state index in [0.717, 1.165) is 42.9 Å².